The lowest BCUT2D eigenvalue weighted by atomic mass is 9.96. The summed E-state index contributed by atoms with van der Waals surface area (Å²) in [6, 6.07) is 13.3. The second-order valence-electron chi connectivity index (χ2n) is 8.61. The summed E-state index contributed by atoms with van der Waals surface area (Å²) in [5.41, 5.74) is 0.362. The minimum Gasteiger partial charge on any atom is -0.491 e. The number of nitrogens with zero attached hydrogens (tertiary/aromatic N) is 3. The van der Waals surface area contributed by atoms with Crippen molar-refractivity contribution in [1.29, 1.82) is 0 Å². The summed E-state index contributed by atoms with van der Waals surface area (Å²) < 4.78 is 13.6. The lowest BCUT2D eigenvalue weighted by Gasteiger charge is -2.27. The number of aryl methyl sites for hydroxylation is 1. The van der Waals surface area contributed by atoms with Crippen molar-refractivity contribution in [2.75, 3.05) is 19.7 Å². The van der Waals surface area contributed by atoms with Crippen molar-refractivity contribution in [1.82, 2.24) is 14.5 Å². The average molecular weight is 490 g/mol. The van der Waals surface area contributed by atoms with Crippen LogP contribution >= 0.6 is 23.2 Å². The van der Waals surface area contributed by atoms with Crippen LogP contribution in [0, 0.1) is 0 Å². The Morgan fingerprint density at radius 1 is 1.00 bits per heavy atom. The fraction of sp³-hybridized carbons (Fsp3) is 0.400. The van der Waals surface area contributed by atoms with Crippen LogP contribution in [0.25, 0.3) is 0 Å². The van der Waals surface area contributed by atoms with Crippen LogP contribution in [0.5, 0.6) is 11.5 Å². The Bertz CT molecular complexity index is 1060. The van der Waals surface area contributed by atoms with Crippen molar-refractivity contribution in [2.45, 2.75) is 38.0 Å². The number of hydrogen-bond donors (Lipinski definition) is 1. The third-order valence-electron chi connectivity index (χ3n) is 6.03. The highest BCUT2D eigenvalue weighted by Crippen LogP contribution is 2.29. The molecule has 33 heavy (non-hydrogen) atoms. The van der Waals surface area contributed by atoms with Crippen molar-refractivity contribution >= 4 is 23.2 Å². The van der Waals surface area contributed by atoms with Gasteiger partial charge in [0.05, 0.1) is 15.6 Å². The molecule has 4 rings (SSSR count). The number of aliphatic hydroxyl groups is 1. The second-order valence-corrected chi connectivity index (χ2v) is 9.42. The molecule has 1 aromatic heterocycles. The molecule has 0 amide bonds. The minimum atomic E-state index is -0.858. The van der Waals surface area contributed by atoms with Crippen LogP contribution in [0.15, 0.2) is 54.9 Å². The predicted octanol–water partition coefficient (Wildman–Crippen LogP) is 5.10. The molecular formula is C25H29Cl2N3O3. The Hall–Kier alpha value is -2.25. The SMILES string of the molecule is Cn1ccnc1COc1ccc(CN2CCC[C@@](O)(COc3ccc(Cl)c(Cl)c3)CC2)cc1. The van der Waals surface area contributed by atoms with E-state index >= 15 is 0 Å². The van der Waals surface area contributed by atoms with Gasteiger partial charge in [0.25, 0.3) is 0 Å². The van der Waals surface area contributed by atoms with Gasteiger partial charge in [0, 0.05) is 38.6 Å². The maximum atomic E-state index is 11.1. The first-order valence-corrected chi connectivity index (χ1v) is 11.9. The number of aromatic nitrogens is 2. The predicted molar refractivity (Wildman–Crippen MR) is 130 cm³/mol. The number of halogens is 2. The summed E-state index contributed by atoms with van der Waals surface area (Å²) >= 11 is 12.0. The fourth-order valence-electron chi connectivity index (χ4n) is 3.95. The molecule has 1 fully saturated rings. The Labute approximate surface area is 204 Å². The monoisotopic (exact) mass is 489 g/mol. The maximum absolute atomic E-state index is 11.1. The van der Waals surface area contributed by atoms with Crippen LogP contribution in [0.4, 0.5) is 0 Å². The highest BCUT2D eigenvalue weighted by molar-refractivity contribution is 6.42. The molecule has 0 bridgehead atoms. The molecule has 3 aromatic rings. The van der Waals surface area contributed by atoms with E-state index in [9.17, 15) is 5.11 Å². The fourth-order valence-corrected chi connectivity index (χ4v) is 4.24. The quantitative estimate of drug-likeness (QED) is 0.476. The zero-order valence-electron chi connectivity index (χ0n) is 18.7. The molecular weight excluding hydrogens is 461 g/mol. The van der Waals surface area contributed by atoms with E-state index in [0.29, 0.717) is 35.2 Å². The van der Waals surface area contributed by atoms with Gasteiger partial charge in [-0.2, -0.15) is 0 Å². The Morgan fingerprint density at radius 2 is 1.79 bits per heavy atom. The molecule has 2 aromatic carbocycles. The normalized spacial score (nSPS) is 19.3. The van der Waals surface area contributed by atoms with Gasteiger partial charge in [0.2, 0.25) is 0 Å². The molecule has 0 aliphatic carbocycles. The summed E-state index contributed by atoms with van der Waals surface area (Å²) in [4.78, 5) is 6.65. The third-order valence-corrected chi connectivity index (χ3v) is 6.77. The number of hydrogen-bond acceptors (Lipinski definition) is 5. The van der Waals surface area contributed by atoms with Crippen LogP contribution in [-0.4, -0.2) is 44.9 Å². The van der Waals surface area contributed by atoms with Crippen LogP contribution in [0.3, 0.4) is 0 Å². The zero-order valence-corrected chi connectivity index (χ0v) is 20.2. The van der Waals surface area contributed by atoms with E-state index in [4.69, 9.17) is 32.7 Å². The van der Waals surface area contributed by atoms with Crippen molar-refractivity contribution in [3.8, 4) is 11.5 Å². The Kier molecular flexibility index (Phi) is 7.81. The first-order valence-electron chi connectivity index (χ1n) is 11.1. The highest BCUT2D eigenvalue weighted by Gasteiger charge is 2.31. The van der Waals surface area contributed by atoms with Gasteiger partial charge in [0.15, 0.2) is 0 Å². The number of rotatable bonds is 8. The van der Waals surface area contributed by atoms with Crippen LogP contribution in [0.2, 0.25) is 10.0 Å². The number of benzene rings is 2. The van der Waals surface area contributed by atoms with Gasteiger partial charge in [-0.3, -0.25) is 4.90 Å². The van der Waals surface area contributed by atoms with Gasteiger partial charge >= 0.3 is 0 Å². The van der Waals surface area contributed by atoms with E-state index in [1.807, 2.05) is 29.9 Å². The molecule has 0 spiro atoms. The van der Waals surface area contributed by atoms with Crippen LogP contribution in [-0.2, 0) is 20.2 Å². The molecule has 1 aliphatic heterocycles. The van der Waals surface area contributed by atoms with Crippen LogP contribution in [0.1, 0.15) is 30.7 Å². The molecule has 2 heterocycles. The van der Waals surface area contributed by atoms with E-state index in [-0.39, 0.29) is 6.61 Å². The van der Waals surface area contributed by atoms with Gasteiger partial charge in [0.1, 0.15) is 30.5 Å². The van der Waals surface area contributed by atoms with E-state index in [1.54, 1.807) is 24.4 Å². The largest absolute Gasteiger partial charge is 0.491 e. The molecule has 1 saturated heterocycles. The summed E-state index contributed by atoms with van der Waals surface area (Å²) in [6.45, 7) is 3.26. The summed E-state index contributed by atoms with van der Waals surface area (Å²) in [7, 11) is 1.95. The summed E-state index contributed by atoms with van der Waals surface area (Å²) in [5, 5.41) is 12.0. The average Bonchev–Trinajstić information content (AvgIpc) is 3.13. The Morgan fingerprint density at radius 3 is 2.52 bits per heavy atom. The van der Waals surface area contributed by atoms with E-state index < -0.39 is 5.60 Å². The topological polar surface area (TPSA) is 59.8 Å². The molecule has 1 N–H and O–H groups in total. The van der Waals surface area contributed by atoms with Crippen molar-refractivity contribution in [2.24, 2.45) is 7.05 Å². The van der Waals surface area contributed by atoms with Gasteiger partial charge < -0.3 is 19.1 Å². The minimum absolute atomic E-state index is 0.237. The first kappa shape index (κ1) is 23.9. The van der Waals surface area contributed by atoms with Gasteiger partial charge in [-0.25, -0.2) is 4.98 Å². The maximum Gasteiger partial charge on any atom is 0.146 e. The molecule has 0 radical (unpaired) electrons. The first-order chi connectivity index (χ1) is 15.9. The number of ether oxygens (including phenoxy) is 2. The van der Waals surface area contributed by atoms with E-state index in [0.717, 1.165) is 37.6 Å². The summed E-state index contributed by atoms with van der Waals surface area (Å²) in [6.07, 6.45) is 5.93. The lowest BCUT2D eigenvalue weighted by Crippen LogP contribution is -2.37. The lowest BCUT2D eigenvalue weighted by molar-refractivity contribution is -0.0168. The van der Waals surface area contributed by atoms with E-state index in [1.165, 1.54) is 5.56 Å². The van der Waals surface area contributed by atoms with Gasteiger partial charge in [-0.15, -0.1) is 0 Å². The smallest absolute Gasteiger partial charge is 0.146 e. The highest BCUT2D eigenvalue weighted by atomic mass is 35.5. The molecule has 1 atom stereocenters. The molecule has 0 unspecified atom stereocenters. The van der Waals surface area contributed by atoms with E-state index in [2.05, 4.69) is 22.0 Å². The molecule has 0 saturated carbocycles. The molecule has 8 heteroatoms. The molecule has 6 nitrogen and oxygen atoms in total. The van der Waals surface area contributed by atoms with Gasteiger partial charge in [-0.05, 0) is 55.6 Å². The van der Waals surface area contributed by atoms with Gasteiger partial charge in [-0.1, -0.05) is 35.3 Å². The second kappa shape index (κ2) is 10.8. The standard InChI is InChI=1S/C25H29Cl2N3O3/c1-29-14-11-28-24(29)17-32-20-5-3-19(4-6-20)16-30-12-2-9-25(31,10-13-30)18-33-21-7-8-22(26)23(27)15-21/h3-8,11,14-15,31H,2,9-10,12-13,16-18H2,1H3/t25-/m0/s1. The van der Waals surface area contributed by atoms with Crippen molar-refractivity contribution < 1.29 is 14.6 Å². The summed E-state index contributed by atoms with van der Waals surface area (Å²) in [5.74, 6) is 2.33. The number of likely N-dealkylation sites (tertiary alicyclic amines) is 1. The molecule has 176 valence electrons. The number of imidazole rings is 1. The third kappa shape index (κ3) is 6.64. The zero-order chi connectivity index (χ0) is 23.3. The van der Waals surface area contributed by atoms with Crippen molar-refractivity contribution in [3.63, 3.8) is 0 Å². The molecule has 1 aliphatic rings. The van der Waals surface area contributed by atoms with Crippen molar-refractivity contribution in [3.05, 3.63) is 76.3 Å². The Balaban J connectivity index is 1.26. The van der Waals surface area contributed by atoms with Crippen LogP contribution < -0.4 is 9.47 Å².